The van der Waals surface area contributed by atoms with E-state index in [4.69, 9.17) is 4.99 Å². The third-order valence-electron chi connectivity index (χ3n) is 5.25. The molecule has 0 bridgehead atoms. The Hall–Kier alpha value is -2.42. The van der Waals surface area contributed by atoms with Crippen LogP contribution in [0.1, 0.15) is 24.5 Å². The van der Waals surface area contributed by atoms with Crippen LogP contribution in [0.2, 0.25) is 0 Å². The summed E-state index contributed by atoms with van der Waals surface area (Å²) in [6.07, 6.45) is 7.82. The maximum absolute atomic E-state index is 4.90. The van der Waals surface area contributed by atoms with E-state index in [0.29, 0.717) is 12.5 Å². The average molecular weight is 516 g/mol. The summed E-state index contributed by atoms with van der Waals surface area (Å²) in [5.41, 5.74) is 2.55. The molecule has 1 aliphatic rings. The number of aromatic nitrogens is 3. The molecular weight excluding hydrogens is 487 g/mol. The minimum Gasteiger partial charge on any atom is -0.357 e. The van der Waals surface area contributed by atoms with Gasteiger partial charge in [-0.25, -0.2) is 14.7 Å². The van der Waals surface area contributed by atoms with E-state index in [-0.39, 0.29) is 24.0 Å². The fourth-order valence-electron chi connectivity index (χ4n) is 3.82. The minimum atomic E-state index is 0. The molecule has 158 valence electrons. The smallest absolute Gasteiger partial charge is 0.194 e. The topological polar surface area (TPSA) is 58.3 Å². The Morgan fingerprint density at radius 3 is 2.77 bits per heavy atom. The molecule has 1 aliphatic heterocycles. The van der Waals surface area contributed by atoms with E-state index in [0.717, 1.165) is 43.4 Å². The molecular formula is C23H29IN6. The fraction of sp³-hybridized carbons (Fsp3) is 0.348. The Labute approximate surface area is 195 Å². The molecule has 3 heterocycles. The molecule has 1 N–H and O–H groups in total. The number of benzene rings is 1. The molecule has 0 amide bonds. The summed E-state index contributed by atoms with van der Waals surface area (Å²) in [4.78, 5) is 11.7. The molecule has 0 saturated carbocycles. The zero-order valence-electron chi connectivity index (χ0n) is 17.3. The van der Waals surface area contributed by atoms with Crippen molar-refractivity contribution in [1.29, 1.82) is 0 Å². The molecule has 0 radical (unpaired) electrons. The maximum Gasteiger partial charge on any atom is 0.194 e. The zero-order chi connectivity index (χ0) is 19.9. The summed E-state index contributed by atoms with van der Waals surface area (Å²) in [6, 6.07) is 16.7. The lowest BCUT2D eigenvalue weighted by atomic mass is 9.99. The fourth-order valence-corrected chi connectivity index (χ4v) is 3.82. The molecule has 1 saturated heterocycles. The quantitative estimate of drug-likeness (QED) is 0.307. The first-order valence-electron chi connectivity index (χ1n) is 10.3. The van der Waals surface area contributed by atoms with E-state index in [1.54, 1.807) is 10.9 Å². The SMILES string of the molecule is CCNC(=NCc1ccnc(-n2cccn2)c1)N1CCC(Cc2ccccc2)C1.I. The van der Waals surface area contributed by atoms with Gasteiger partial charge in [-0.1, -0.05) is 30.3 Å². The van der Waals surface area contributed by atoms with Crippen LogP contribution >= 0.6 is 24.0 Å². The summed E-state index contributed by atoms with van der Waals surface area (Å²) in [7, 11) is 0. The largest absolute Gasteiger partial charge is 0.357 e. The number of hydrogen-bond acceptors (Lipinski definition) is 3. The first-order valence-corrected chi connectivity index (χ1v) is 10.3. The van der Waals surface area contributed by atoms with Gasteiger partial charge in [-0.15, -0.1) is 24.0 Å². The van der Waals surface area contributed by atoms with Gasteiger partial charge in [0.05, 0.1) is 6.54 Å². The zero-order valence-corrected chi connectivity index (χ0v) is 19.6. The summed E-state index contributed by atoms with van der Waals surface area (Å²) in [5.74, 6) is 2.49. The van der Waals surface area contributed by atoms with E-state index in [9.17, 15) is 0 Å². The predicted octanol–water partition coefficient (Wildman–Crippen LogP) is 3.92. The summed E-state index contributed by atoms with van der Waals surface area (Å²) < 4.78 is 1.77. The number of halogens is 1. The lowest BCUT2D eigenvalue weighted by molar-refractivity contribution is 0.460. The van der Waals surface area contributed by atoms with E-state index in [2.05, 4.69) is 57.6 Å². The number of nitrogens with one attached hydrogen (secondary N) is 1. The van der Waals surface area contributed by atoms with Crippen LogP contribution in [0, 0.1) is 5.92 Å². The predicted molar refractivity (Wildman–Crippen MR) is 131 cm³/mol. The molecule has 1 aromatic carbocycles. The van der Waals surface area contributed by atoms with Crippen molar-refractivity contribution >= 4 is 29.9 Å². The molecule has 1 fully saturated rings. The van der Waals surface area contributed by atoms with Crippen LogP contribution in [0.3, 0.4) is 0 Å². The first-order chi connectivity index (χ1) is 14.3. The van der Waals surface area contributed by atoms with Gasteiger partial charge in [0.1, 0.15) is 0 Å². The number of hydrogen-bond donors (Lipinski definition) is 1. The van der Waals surface area contributed by atoms with Crippen LogP contribution in [-0.4, -0.2) is 45.3 Å². The van der Waals surface area contributed by atoms with Gasteiger partial charge < -0.3 is 10.2 Å². The van der Waals surface area contributed by atoms with Gasteiger partial charge in [0.2, 0.25) is 0 Å². The number of nitrogens with zero attached hydrogens (tertiary/aromatic N) is 5. The number of pyridine rings is 1. The first kappa shape index (κ1) is 22.3. The molecule has 7 heteroatoms. The highest BCUT2D eigenvalue weighted by atomic mass is 127. The molecule has 4 rings (SSSR count). The molecule has 1 unspecified atom stereocenters. The Morgan fingerprint density at radius 2 is 2.00 bits per heavy atom. The highest BCUT2D eigenvalue weighted by Gasteiger charge is 2.24. The normalized spacial score (nSPS) is 16.4. The van der Waals surface area contributed by atoms with Crippen molar-refractivity contribution < 1.29 is 0 Å². The molecule has 6 nitrogen and oxygen atoms in total. The van der Waals surface area contributed by atoms with Crippen molar-refractivity contribution in [3.8, 4) is 5.82 Å². The van der Waals surface area contributed by atoms with Gasteiger partial charge in [0.15, 0.2) is 11.8 Å². The van der Waals surface area contributed by atoms with Crippen LogP contribution in [-0.2, 0) is 13.0 Å². The molecule has 0 aliphatic carbocycles. The summed E-state index contributed by atoms with van der Waals surface area (Å²) in [5, 5.41) is 7.72. The van der Waals surface area contributed by atoms with Crippen LogP contribution in [0.15, 0.2) is 72.1 Å². The highest BCUT2D eigenvalue weighted by Crippen LogP contribution is 2.21. The lowest BCUT2D eigenvalue weighted by Crippen LogP contribution is -2.40. The van der Waals surface area contributed by atoms with Crippen LogP contribution in [0.25, 0.3) is 5.82 Å². The average Bonchev–Trinajstić information content (AvgIpc) is 3.45. The van der Waals surface area contributed by atoms with Gasteiger partial charge in [-0.05, 0) is 55.0 Å². The third kappa shape index (κ3) is 5.81. The second-order valence-electron chi connectivity index (χ2n) is 7.43. The summed E-state index contributed by atoms with van der Waals surface area (Å²) in [6.45, 7) is 5.72. The standard InChI is InChI=1S/C23H28N6.HI/c1-2-24-23(28-14-10-21(18-28)15-19-7-4-3-5-8-19)26-17-20-9-12-25-22(16-20)29-13-6-11-27-29;/h3-9,11-13,16,21H,2,10,14-15,17-18H2,1H3,(H,24,26);1H. The Balaban J connectivity index is 0.00000256. The Kier molecular flexibility index (Phi) is 8.24. The molecule has 3 aromatic rings. The Morgan fingerprint density at radius 1 is 1.13 bits per heavy atom. The van der Waals surface area contributed by atoms with Crippen LogP contribution in [0.4, 0.5) is 0 Å². The maximum atomic E-state index is 4.90. The second kappa shape index (κ2) is 11.1. The van der Waals surface area contributed by atoms with Crippen LogP contribution < -0.4 is 5.32 Å². The molecule has 1 atom stereocenters. The van der Waals surface area contributed by atoms with Crippen LogP contribution in [0.5, 0.6) is 0 Å². The second-order valence-corrected chi connectivity index (χ2v) is 7.43. The van der Waals surface area contributed by atoms with Gasteiger partial charge in [-0.2, -0.15) is 5.10 Å². The number of guanidine groups is 1. The van der Waals surface area contributed by atoms with E-state index in [1.807, 2.05) is 30.6 Å². The third-order valence-corrected chi connectivity index (χ3v) is 5.25. The van der Waals surface area contributed by atoms with Gasteiger partial charge >= 0.3 is 0 Å². The van der Waals surface area contributed by atoms with E-state index < -0.39 is 0 Å². The van der Waals surface area contributed by atoms with Crippen molar-refractivity contribution in [2.45, 2.75) is 26.3 Å². The van der Waals surface area contributed by atoms with Crippen molar-refractivity contribution in [2.24, 2.45) is 10.9 Å². The number of rotatable bonds is 6. The van der Waals surface area contributed by atoms with Gasteiger partial charge in [0, 0.05) is 38.2 Å². The minimum absolute atomic E-state index is 0. The van der Waals surface area contributed by atoms with Gasteiger partial charge in [0.25, 0.3) is 0 Å². The van der Waals surface area contributed by atoms with E-state index >= 15 is 0 Å². The number of aliphatic imine (C=N–C) groups is 1. The molecule has 0 spiro atoms. The molecule has 30 heavy (non-hydrogen) atoms. The van der Waals surface area contributed by atoms with Crippen molar-refractivity contribution in [1.82, 2.24) is 25.0 Å². The highest BCUT2D eigenvalue weighted by molar-refractivity contribution is 14.0. The summed E-state index contributed by atoms with van der Waals surface area (Å²) >= 11 is 0. The molecule has 2 aromatic heterocycles. The Bertz CT molecular complexity index is 926. The van der Waals surface area contributed by atoms with E-state index in [1.165, 1.54) is 12.0 Å². The monoisotopic (exact) mass is 516 g/mol. The van der Waals surface area contributed by atoms with Crippen molar-refractivity contribution in [3.63, 3.8) is 0 Å². The number of likely N-dealkylation sites (tertiary alicyclic amines) is 1. The van der Waals surface area contributed by atoms with Gasteiger partial charge in [-0.3, -0.25) is 0 Å². The van der Waals surface area contributed by atoms with Crippen molar-refractivity contribution in [2.75, 3.05) is 19.6 Å². The lowest BCUT2D eigenvalue weighted by Gasteiger charge is -2.22. The van der Waals surface area contributed by atoms with Crippen molar-refractivity contribution in [3.05, 3.63) is 78.2 Å².